The summed E-state index contributed by atoms with van der Waals surface area (Å²) >= 11 is 0. The molecule has 0 fully saturated rings. The van der Waals surface area contributed by atoms with Crippen LogP contribution in [0.1, 0.15) is 28.3 Å². The van der Waals surface area contributed by atoms with Gasteiger partial charge in [-0.2, -0.15) is 0 Å². The number of anilines is 1. The van der Waals surface area contributed by atoms with Crippen molar-refractivity contribution in [2.24, 2.45) is 0 Å². The van der Waals surface area contributed by atoms with E-state index in [2.05, 4.69) is 43.4 Å². The van der Waals surface area contributed by atoms with E-state index in [0.29, 0.717) is 0 Å². The molecule has 0 aromatic heterocycles. The summed E-state index contributed by atoms with van der Waals surface area (Å²) in [7, 11) is 1.98. The van der Waals surface area contributed by atoms with Crippen molar-refractivity contribution in [2.75, 3.05) is 12.8 Å². The molecule has 0 radical (unpaired) electrons. The molecule has 0 saturated heterocycles. The SMILES string of the molecule is CNC(c1cccc(N)c1)c1cc(C)ccc1C. The standard InChI is InChI=1S/C16H20N2/c1-11-7-8-12(2)15(9-11)16(18-3)13-5-4-6-14(17)10-13/h4-10,16,18H,17H2,1-3H3. The molecule has 2 aromatic carbocycles. The molecule has 0 heterocycles. The van der Waals surface area contributed by atoms with Gasteiger partial charge < -0.3 is 11.1 Å². The van der Waals surface area contributed by atoms with Crippen LogP contribution < -0.4 is 11.1 Å². The fourth-order valence-corrected chi connectivity index (χ4v) is 2.31. The minimum Gasteiger partial charge on any atom is -0.399 e. The molecular formula is C16H20N2. The highest BCUT2D eigenvalue weighted by molar-refractivity contribution is 5.46. The number of rotatable bonds is 3. The van der Waals surface area contributed by atoms with Crippen molar-refractivity contribution in [1.82, 2.24) is 5.32 Å². The Morgan fingerprint density at radius 1 is 1.06 bits per heavy atom. The van der Waals surface area contributed by atoms with E-state index in [-0.39, 0.29) is 6.04 Å². The molecule has 0 amide bonds. The summed E-state index contributed by atoms with van der Waals surface area (Å²) in [4.78, 5) is 0. The number of hydrogen-bond acceptors (Lipinski definition) is 2. The smallest absolute Gasteiger partial charge is 0.0577 e. The van der Waals surface area contributed by atoms with Crippen LogP contribution in [0.3, 0.4) is 0 Å². The lowest BCUT2D eigenvalue weighted by atomic mass is 9.93. The number of hydrogen-bond donors (Lipinski definition) is 2. The van der Waals surface area contributed by atoms with E-state index in [9.17, 15) is 0 Å². The van der Waals surface area contributed by atoms with Crippen molar-refractivity contribution >= 4 is 5.69 Å². The first-order chi connectivity index (χ1) is 8.61. The van der Waals surface area contributed by atoms with Crippen LogP contribution in [0.25, 0.3) is 0 Å². The van der Waals surface area contributed by atoms with Crippen LogP contribution in [0.5, 0.6) is 0 Å². The predicted molar refractivity (Wildman–Crippen MR) is 77.7 cm³/mol. The molecule has 0 aliphatic rings. The molecule has 0 saturated carbocycles. The number of nitrogens with two attached hydrogens (primary N) is 1. The van der Waals surface area contributed by atoms with Gasteiger partial charge in [-0.25, -0.2) is 0 Å². The molecular weight excluding hydrogens is 220 g/mol. The third kappa shape index (κ3) is 2.54. The van der Waals surface area contributed by atoms with Crippen LogP contribution in [0.4, 0.5) is 5.69 Å². The lowest BCUT2D eigenvalue weighted by Gasteiger charge is -2.20. The van der Waals surface area contributed by atoms with Gasteiger partial charge in [-0.3, -0.25) is 0 Å². The van der Waals surface area contributed by atoms with Crippen LogP contribution >= 0.6 is 0 Å². The first kappa shape index (κ1) is 12.7. The molecule has 1 unspecified atom stereocenters. The van der Waals surface area contributed by atoms with E-state index >= 15 is 0 Å². The van der Waals surface area contributed by atoms with Crippen molar-refractivity contribution in [3.05, 3.63) is 64.7 Å². The number of nitrogen functional groups attached to an aromatic ring is 1. The Hall–Kier alpha value is -1.80. The quantitative estimate of drug-likeness (QED) is 0.809. The summed E-state index contributed by atoms with van der Waals surface area (Å²) in [5, 5.41) is 3.37. The third-order valence-corrected chi connectivity index (χ3v) is 3.28. The zero-order chi connectivity index (χ0) is 13.1. The number of benzene rings is 2. The second-order valence-electron chi connectivity index (χ2n) is 4.75. The van der Waals surface area contributed by atoms with Crippen molar-refractivity contribution in [3.63, 3.8) is 0 Å². The predicted octanol–water partition coefficient (Wildman–Crippen LogP) is 3.19. The highest BCUT2D eigenvalue weighted by Gasteiger charge is 2.14. The van der Waals surface area contributed by atoms with Crippen LogP contribution in [0.2, 0.25) is 0 Å². The fourth-order valence-electron chi connectivity index (χ4n) is 2.31. The van der Waals surface area contributed by atoms with Crippen LogP contribution in [-0.4, -0.2) is 7.05 Å². The zero-order valence-electron chi connectivity index (χ0n) is 11.2. The second-order valence-corrected chi connectivity index (χ2v) is 4.75. The van der Waals surface area contributed by atoms with Gasteiger partial charge in [0.15, 0.2) is 0 Å². The van der Waals surface area contributed by atoms with Crippen molar-refractivity contribution in [2.45, 2.75) is 19.9 Å². The van der Waals surface area contributed by atoms with Gasteiger partial charge in [-0.05, 0) is 49.7 Å². The molecule has 2 aromatic rings. The summed E-state index contributed by atoms with van der Waals surface area (Å²) in [6, 6.07) is 14.8. The van der Waals surface area contributed by atoms with E-state index in [1.165, 1.54) is 22.3 Å². The van der Waals surface area contributed by atoms with E-state index in [1.54, 1.807) is 0 Å². The van der Waals surface area contributed by atoms with Gasteiger partial charge in [-0.1, -0.05) is 35.9 Å². The Labute approximate surface area is 109 Å². The van der Waals surface area contributed by atoms with E-state index in [1.807, 2.05) is 25.2 Å². The molecule has 94 valence electrons. The minimum atomic E-state index is 0.188. The first-order valence-electron chi connectivity index (χ1n) is 6.21. The summed E-state index contributed by atoms with van der Waals surface area (Å²) in [5.41, 5.74) is 11.8. The maximum absolute atomic E-state index is 5.87. The Morgan fingerprint density at radius 3 is 2.50 bits per heavy atom. The summed E-state index contributed by atoms with van der Waals surface area (Å²) < 4.78 is 0. The Balaban J connectivity index is 2.48. The van der Waals surface area contributed by atoms with E-state index in [0.717, 1.165) is 5.69 Å². The Kier molecular flexibility index (Phi) is 3.68. The maximum Gasteiger partial charge on any atom is 0.0577 e. The van der Waals surface area contributed by atoms with Crippen LogP contribution in [0.15, 0.2) is 42.5 Å². The lowest BCUT2D eigenvalue weighted by Crippen LogP contribution is -2.19. The normalized spacial score (nSPS) is 12.4. The third-order valence-electron chi connectivity index (χ3n) is 3.28. The molecule has 2 nitrogen and oxygen atoms in total. The molecule has 0 aliphatic carbocycles. The average molecular weight is 240 g/mol. The Bertz CT molecular complexity index is 547. The minimum absolute atomic E-state index is 0.188. The summed E-state index contributed by atoms with van der Waals surface area (Å²) in [5.74, 6) is 0. The van der Waals surface area contributed by atoms with Crippen molar-refractivity contribution in [3.8, 4) is 0 Å². The highest BCUT2D eigenvalue weighted by Crippen LogP contribution is 2.26. The number of nitrogens with one attached hydrogen (secondary N) is 1. The second kappa shape index (κ2) is 5.23. The van der Waals surface area contributed by atoms with Crippen molar-refractivity contribution < 1.29 is 0 Å². The van der Waals surface area contributed by atoms with Crippen LogP contribution in [-0.2, 0) is 0 Å². The van der Waals surface area contributed by atoms with Gasteiger partial charge in [0.05, 0.1) is 6.04 Å². The molecule has 0 spiro atoms. The van der Waals surface area contributed by atoms with Crippen LogP contribution in [0, 0.1) is 13.8 Å². The fraction of sp³-hybridized carbons (Fsp3) is 0.250. The lowest BCUT2D eigenvalue weighted by molar-refractivity contribution is 0.687. The molecule has 3 N–H and O–H groups in total. The topological polar surface area (TPSA) is 38.0 Å². The molecule has 18 heavy (non-hydrogen) atoms. The van der Waals surface area contributed by atoms with Gasteiger partial charge in [0, 0.05) is 5.69 Å². The average Bonchev–Trinajstić information content (AvgIpc) is 2.35. The molecule has 0 bridgehead atoms. The van der Waals surface area contributed by atoms with Gasteiger partial charge in [-0.15, -0.1) is 0 Å². The van der Waals surface area contributed by atoms with Gasteiger partial charge >= 0.3 is 0 Å². The summed E-state index contributed by atoms with van der Waals surface area (Å²) in [6.45, 7) is 4.26. The zero-order valence-corrected chi connectivity index (χ0v) is 11.2. The molecule has 1 atom stereocenters. The van der Waals surface area contributed by atoms with E-state index < -0.39 is 0 Å². The van der Waals surface area contributed by atoms with Gasteiger partial charge in [0.1, 0.15) is 0 Å². The Morgan fingerprint density at radius 2 is 1.83 bits per heavy atom. The number of aryl methyl sites for hydroxylation is 2. The van der Waals surface area contributed by atoms with Gasteiger partial charge in [0.2, 0.25) is 0 Å². The largest absolute Gasteiger partial charge is 0.399 e. The monoisotopic (exact) mass is 240 g/mol. The maximum atomic E-state index is 5.87. The summed E-state index contributed by atoms with van der Waals surface area (Å²) in [6.07, 6.45) is 0. The molecule has 0 aliphatic heterocycles. The van der Waals surface area contributed by atoms with Crippen molar-refractivity contribution in [1.29, 1.82) is 0 Å². The molecule has 2 heteroatoms. The van der Waals surface area contributed by atoms with Gasteiger partial charge in [0.25, 0.3) is 0 Å². The molecule has 2 rings (SSSR count). The first-order valence-corrected chi connectivity index (χ1v) is 6.21. The highest BCUT2D eigenvalue weighted by atomic mass is 14.9. The van der Waals surface area contributed by atoms with E-state index in [4.69, 9.17) is 5.73 Å².